The molecule has 4 nitrogen and oxygen atoms in total. The van der Waals surface area contributed by atoms with E-state index in [1.807, 2.05) is 0 Å². The van der Waals surface area contributed by atoms with Gasteiger partial charge in [0.05, 0.1) is 0 Å². The van der Waals surface area contributed by atoms with E-state index in [4.69, 9.17) is 5.11 Å². The van der Waals surface area contributed by atoms with Crippen LogP contribution in [0.3, 0.4) is 0 Å². The van der Waals surface area contributed by atoms with E-state index in [-0.39, 0.29) is 6.04 Å². The smallest absolute Gasteiger partial charge is 0.337 e. The molecule has 0 bridgehead atoms. The van der Waals surface area contributed by atoms with E-state index in [1.54, 1.807) is 6.92 Å². The molecule has 1 heterocycles. The Hall–Kier alpha value is -0.610. The Kier molecular flexibility index (Phi) is 1.66. The van der Waals surface area contributed by atoms with Gasteiger partial charge in [-0.05, 0) is 13.5 Å². The number of hydrogen-bond acceptors (Lipinski definition) is 3. The minimum atomic E-state index is -1.54. The van der Waals surface area contributed by atoms with Crippen molar-refractivity contribution in [3.63, 3.8) is 0 Å². The molecule has 10 heavy (non-hydrogen) atoms. The van der Waals surface area contributed by atoms with Gasteiger partial charge in [0.1, 0.15) is 0 Å². The van der Waals surface area contributed by atoms with Crippen LogP contribution in [0, 0.1) is 0 Å². The lowest BCUT2D eigenvalue weighted by Gasteiger charge is -2.20. The molecule has 0 saturated carbocycles. The predicted octanol–water partition coefficient (Wildman–Crippen LogP) is -0.816. The predicted molar refractivity (Wildman–Crippen MR) is 34.7 cm³/mol. The van der Waals surface area contributed by atoms with E-state index in [0.29, 0.717) is 13.0 Å². The van der Waals surface area contributed by atoms with E-state index in [9.17, 15) is 9.90 Å². The van der Waals surface area contributed by atoms with Crippen molar-refractivity contribution >= 4 is 5.97 Å². The number of carboxylic acids is 1. The topological polar surface area (TPSA) is 69.6 Å². The minimum Gasteiger partial charge on any atom is -0.479 e. The summed E-state index contributed by atoms with van der Waals surface area (Å²) in [4.78, 5) is 10.4. The Bertz CT molecular complexity index is 159. The molecule has 0 amide bonds. The summed E-state index contributed by atoms with van der Waals surface area (Å²) in [6.07, 6.45) is 0.295. The molecule has 4 heteroatoms. The monoisotopic (exact) mass is 145 g/mol. The Morgan fingerprint density at radius 3 is 2.60 bits per heavy atom. The second kappa shape index (κ2) is 2.21. The zero-order valence-electron chi connectivity index (χ0n) is 5.79. The summed E-state index contributed by atoms with van der Waals surface area (Å²) in [6, 6.07) is -0.343. The molecule has 1 aliphatic rings. The number of nitrogens with one attached hydrogen (secondary N) is 1. The van der Waals surface area contributed by atoms with E-state index < -0.39 is 11.6 Å². The highest BCUT2D eigenvalue weighted by molar-refractivity contribution is 5.78. The Labute approximate surface area is 58.9 Å². The van der Waals surface area contributed by atoms with Crippen LogP contribution in [-0.2, 0) is 4.79 Å². The molecule has 0 radical (unpaired) electrons. The first-order chi connectivity index (χ1) is 4.57. The molecule has 2 unspecified atom stereocenters. The van der Waals surface area contributed by atoms with Gasteiger partial charge in [-0.25, -0.2) is 4.79 Å². The van der Waals surface area contributed by atoms with Crippen LogP contribution in [-0.4, -0.2) is 34.4 Å². The normalized spacial score (nSPS) is 40.0. The lowest BCUT2D eigenvalue weighted by Crippen LogP contribution is -2.47. The number of aliphatic hydroxyl groups is 1. The zero-order valence-corrected chi connectivity index (χ0v) is 5.79. The lowest BCUT2D eigenvalue weighted by molar-refractivity contribution is -0.158. The van der Waals surface area contributed by atoms with Crippen LogP contribution in [0.4, 0.5) is 0 Å². The maximum atomic E-state index is 10.4. The van der Waals surface area contributed by atoms with Crippen LogP contribution < -0.4 is 5.32 Å². The molecule has 0 aromatic heterocycles. The summed E-state index contributed by atoms with van der Waals surface area (Å²) < 4.78 is 0. The van der Waals surface area contributed by atoms with Gasteiger partial charge in [0.2, 0.25) is 0 Å². The van der Waals surface area contributed by atoms with Gasteiger partial charge in [-0.1, -0.05) is 0 Å². The number of carbonyl (C=O) groups is 1. The largest absolute Gasteiger partial charge is 0.479 e. The van der Waals surface area contributed by atoms with Crippen molar-refractivity contribution in [2.24, 2.45) is 0 Å². The van der Waals surface area contributed by atoms with Crippen molar-refractivity contribution in [3.8, 4) is 0 Å². The molecule has 0 aromatic carbocycles. The zero-order chi connectivity index (χ0) is 7.78. The Morgan fingerprint density at radius 1 is 1.80 bits per heavy atom. The van der Waals surface area contributed by atoms with Gasteiger partial charge < -0.3 is 15.5 Å². The van der Waals surface area contributed by atoms with Gasteiger partial charge in [-0.15, -0.1) is 0 Å². The molecule has 0 aliphatic carbocycles. The SMILES string of the molecule is CC1NCCC1(O)C(=O)O. The number of carboxylic acid groups (broad SMARTS) is 1. The quantitative estimate of drug-likeness (QED) is 0.451. The molecule has 1 saturated heterocycles. The highest BCUT2D eigenvalue weighted by Gasteiger charge is 2.45. The second-order valence-corrected chi connectivity index (χ2v) is 2.66. The fourth-order valence-corrected chi connectivity index (χ4v) is 1.16. The first-order valence-corrected chi connectivity index (χ1v) is 3.26. The lowest BCUT2D eigenvalue weighted by atomic mass is 9.97. The van der Waals surface area contributed by atoms with Gasteiger partial charge in [0.25, 0.3) is 0 Å². The Balaban J connectivity index is 2.75. The standard InChI is InChI=1S/C6H11NO3/c1-4-6(10,5(8)9)2-3-7-4/h4,7,10H,2-3H2,1H3,(H,8,9). The fraction of sp³-hybridized carbons (Fsp3) is 0.833. The average Bonchev–Trinajstić information content (AvgIpc) is 2.15. The van der Waals surface area contributed by atoms with Gasteiger partial charge in [0, 0.05) is 12.5 Å². The molecule has 2 atom stereocenters. The Morgan fingerprint density at radius 2 is 2.40 bits per heavy atom. The maximum Gasteiger partial charge on any atom is 0.337 e. The van der Waals surface area contributed by atoms with Gasteiger partial charge in [-0.3, -0.25) is 0 Å². The number of aliphatic carboxylic acids is 1. The third kappa shape index (κ3) is 0.892. The molecule has 3 N–H and O–H groups in total. The highest BCUT2D eigenvalue weighted by Crippen LogP contribution is 2.20. The summed E-state index contributed by atoms with van der Waals surface area (Å²) in [7, 11) is 0. The van der Waals surface area contributed by atoms with Gasteiger partial charge in [0.15, 0.2) is 5.60 Å². The van der Waals surface area contributed by atoms with Gasteiger partial charge in [-0.2, -0.15) is 0 Å². The van der Waals surface area contributed by atoms with Crippen LogP contribution in [0.2, 0.25) is 0 Å². The van der Waals surface area contributed by atoms with Crippen LogP contribution in [0.1, 0.15) is 13.3 Å². The third-order valence-electron chi connectivity index (χ3n) is 2.04. The number of rotatable bonds is 1. The summed E-state index contributed by atoms with van der Waals surface area (Å²) in [5.41, 5.74) is -1.54. The maximum absolute atomic E-state index is 10.4. The van der Waals surface area contributed by atoms with Crippen molar-refractivity contribution in [1.29, 1.82) is 0 Å². The molecule has 1 fully saturated rings. The molecule has 0 spiro atoms. The fourth-order valence-electron chi connectivity index (χ4n) is 1.16. The molecule has 0 aromatic rings. The van der Waals surface area contributed by atoms with E-state index in [1.165, 1.54) is 0 Å². The van der Waals surface area contributed by atoms with Crippen LogP contribution in [0.5, 0.6) is 0 Å². The van der Waals surface area contributed by atoms with Crippen LogP contribution in [0.25, 0.3) is 0 Å². The molecular formula is C6H11NO3. The van der Waals surface area contributed by atoms with Gasteiger partial charge >= 0.3 is 5.97 Å². The summed E-state index contributed by atoms with van der Waals surface area (Å²) in [6.45, 7) is 2.24. The van der Waals surface area contributed by atoms with Crippen LogP contribution >= 0.6 is 0 Å². The van der Waals surface area contributed by atoms with Crippen molar-refractivity contribution in [2.75, 3.05) is 6.54 Å². The first-order valence-electron chi connectivity index (χ1n) is 3.26. The summed E-state index contributed by atoms with van der Waals surface area (Å²) in [5.74, 6) is -1.13. The first kappa shape index (κ1) is 7.50. The van der Waals surface area contributed by atoms with E-state index >= 15 is 0 Å². The van der Waals surface area contributed by atoms with Crippen molar-refractivity contribution in [1.82, 2.24) is 5.32 Å². The van der Waals surface area contributed by atoms with E-state index in [2.05, 4.69) is 5.32 Å². The van der Waals surface area contributed by atoms with Crippen molar-refractivity contribution in [2.45, 2.75) is 25.0 Å². The molecule has 1 aliphatic heterocycles. The van der Waals surface area contributed by atoms with Crippen LogP contribution in [0.15, 0.2) is 0 Å². The van der Waals surface area contributed by atoms with E-state index in [0.717, 1.165) is 0 Å². The van der Waals surface area contributed by atoms with Crippen molar-refractivity contribution < 1.29 is 15.0 Å². The minimum absolute atomic E-state index is 0.295. The third-order valence-corrected chi connectivity index (χ3v) is 2.04. The molecule has 58 valence electrons. The molecule has 1 rings (SSSR count). The highest BCUT2D eigenvalue weighted by atomic mass is 16.4. The molecular weight excluding hydrogens is 134 g/mol. The number of hydrogen-bond donors (Lipinski definition) is 3. The average molecular weight is 145 g/mol. The van der Waals surface area contributed by atoms with Crippen molar-refractivity contribution in [3.05, 3.63) is 0 Å². The summed E-state index contributed by atoms with van der Waals surface area (Å²) >= 11 is 0. The summed E-state index contributed by atoms with van der Waals surface area (Å²) in [5, 5.41) is 20.8. The second-order valence-electron chi connectivity index (χ2n) is 2.66.